The van der Waals surface area contributed by atoms with Crippen LogP contribution in [-0.4, -0.2) is 43.0 Å². The normalized spacial score (nSPS) is 47.7. The molecule has 4 atom stereocenters. The topological polar surface area (TPSA) is 35.5 Å². The molecule has 4 heteroatoms. The van der Waals surface area contributed by atoms with Crippen molar-refractivity contribution in [2.24, 2.45) is 5.92 Å². The molecule has 3 fully saturated rings. The van der Waals surface area contributed by atoms with E-state index in [1.807, 2.05) is 0 Å². The number of esters is 1. The third-order valence-corrected chi connectivity index (χ3v) is 4.30. The van der Waals surface area contributed by atoms with Gasteiger partial charge in [-0.05, 0) is 6.42 Å². The van der Waals surface area contributed by atoms with E-state index in [0.29, 0.717) is 6.04 Å². The molecule has 0 aromatic heterocycles. The van der Waals surface area contributed by atoms with Gasteiger partial charge in [-0.25, -0.2) is 0 Å². The molecule has 1 unspecified atom stereocenters. The Kier molecular flexibility index (Phi) is 2.04. The fourth-order valence-corrected chi connectivity index (χ4v) is 3.72. The lowest BCUT2D eigenvalue weighted by atomic mass is 9.92. The van der Waals surface area contributed by atoms with E-state index in [0.717, 1.165) is 30.6 Å². The van der Waals surface area contributed by atoms with E-state index in [1.54, 1.807) is 0 Å². The zero-order valence-electron chi connectivity index (χ0n) is 9.15. The number of fused-ring (bicyclic) bond motifs is 1. The maximum absolute atomic E-state index is 11.8. The van der Waals surface area contributed by atoms with Gasteiger partial charge in [0.05, 0.1) is 7.11 Å². The first-order valence-corrected chi connectivity index (χ1v) is 5.90. The van der Waals surface area contributed by atoms with Crippen LogP contribution in [0.2, 0.25) is 0 Å². The van der Waals surface area contributed by atoms with E-state index in [-0.39, 0.29) is 18.0 Å². The van der Waals surface area contributed by atoms with Crippen molar-refractivity contribution in [2.75, 3.05) is 20.2 Å². The summed E-state index contributed by atoms with van der Waals surface area (Å²) < 4.78 is 5.67. The minimum atomic E-state index is -0.0613. The Bertz CT molecular complexity index is 294. The largest absolute Gasteiger partial charge is 0.469 e. The minimum absolute atomic E-state index is 0.000000000000000666. The van der Waals surface area contributed by atoms with Gasteiger partial charge in [0, 0.05) is 19.3 Å². The number of nitrogens with zero attached hydrogens (tertiary/aromatic N) is 1. The highest BCUT2D eigenvalue weighted by Gasteiger charge is 2.63. The van der Waals surface area contributed by atoms with Crippen LogP contribution in [0.4, 0.5) is 0 Å². The number of ether oxygens (including phenoxy) is 1. The molecule has 3 aliphatic rings. The second-order valence-electron chi connectivity index (χ2n) is 4.94. The number of carbonyl (C=O) groups is 1. The van der Waals surface area contributed by atoms with Crippen LogP contribution in [0.15, 0.2) is 0 Å². The quantitative estimate of drug-likeness (QED) is 0.478. The summed E-state index contributed by atoms with van der Waals surface area (Å²) in [7, 11) is 1.49. The molecule has 0 saturated carbocycles. The molecule has 0 aromatic carbocycles. The van der Waals surface area contributed by atoms with Gasteiger partial charge >= 0.3 is 5.97 Å². The van der Waals surface area contributed by atoms with Crippen LogP contribution >= 0.6 is 0 Å². The van der Waals surface area contributed by atoms with E-state index >= 15 is 0 Å². The van der Waals surface area contributed by atoms with Crippen LogP contribution < -0.4 is 0 Å². The predicted octanol–water partition coefficient (Wildman–Crippen LogP) is 0.862. The molecular formula is C11H18NO3+. The Morgan fingerprint density at radius 3 is 2.80 bits per heavy atom. The lowest BCUT2D eigenvalue weighted by Crippen LogP contribution is -2.49. The summed E-state index contributed by atoms with van der Waals surface area (Å²) in [5.41, 5.74) is 0. The summed E-state index contributed by atoms with van der Waals surface area (Å²) in [6, 6.07) is 0.380. The summed E-state index contributed by atoms with van der Waals surface area (Å²) in [5, 5.41) is 0. The van der Waals surface area contributed by atoms with Crippen LogP contribution in [0, 0.1) is 5.92 Å². The monoisotopic (exact) mass is 212 g/mol. The minimum Gasteiger partial charge on any atom is -0.469 e. The second-order valence-corrected chi connectivity index (χ2v) is 4.94. The van der Waals surface area contributed by atoms with Crippen LogP contribution in [0.5, 0.6) is 0 Å². The number of hydroxylamine groups is 3. The lowest BCUT2D eigenvalue weighted by Gasteiger charge is -2.33. The maximum atomic E-state index is 11.8. The third-order valence-electron chi connectivity index (χ3n) is 4.30. The molecule has 3 rings (SSSR count). The summed E-state index contributed by atoms with van der Waals surface area (Å²) in [4.78, 5) is 17.9. The van der Waals surface area contributed by atoms with Crippen molar-refractivity contribution in [3.8, 4) is 0 Å². The summed E-state index contributed by atoms with van der Waals surface area (Å²) in [5.74, 6) is -0.0613. The number of carbonyl (C=O) groups excluding carboxylic acids is 1. The molecule has 2 bridgehead atoms. The standard InChI is InChI=1S/C11H18NO3/c1-14-11(13)10-8-4-2-6-12(8)7-3-5-9(10)15-12/h8-10H,2-7H2,1H3/q+1/t8-,9-,10-,12?/m0/s1. The van der Waals surface area contributed by atoms with E-state index in [4.69, 9.17) is 9.57 Å². The average Bonchev–Trinajstić information content (AvgIpc) is 2.70. The van der Waals surface area contributed by atoms with Gasteiger partial charge in [0.1, 0.15) is 31.2 Å². The smallest absolute Gasteiger partial charge is 0.317 e. The van der Waals surface area contributed by atoms with E-state index in [1.165, 1.54) is 20.0 Å². The molecule has 0 radical (unpaired) electrons. The van der Waals surface area contributed by atoms with Gasteiger partial charge in [-0.3, -0.25) is 4.79 Å². The fraction of sp³-hybridized carbons (Fsp3) is 0.909. The van der Waals surface area contributed by atoms with Gasteiger partial charge in [0.15, 0.2) is 0 Å². The molecular weight excluding hydrogens is 194 g/mol. The van der Waals surface area contributed by atoms with Crippen LogP contribution in [0.3, 0.4) is 0 Å². The summed E-state index contributed by atoms with van der Waals surface area (Å²) in [6.45, 7) is 2.18. The molecule has 3 saturated heterocycles. The maximum Gasteiger partial charge on any atom is 0.317 e. The molecule has 15 heavy (non-hydrogen) atoms. The van der Waals surface area contributed by atoms with Crippen molar-refractivity contribution < 1.29 is 19.0 Å². The second kappa shape index (κ2) is 3.19. The van der Waals surface area contributed by atoms with E-state index < -0.39 is 0 Å². The number of methoxy groups -OCH3 is 1. The molecule has 4 nitrogen and oxygen atoms in total. The first kappa shape index (κ1) is 9.60. The lowest BCUT2D eigenvalue weighted by molar-refractivity contribution is -1.11. The van der Waals surface area contributed by atoms with Gasteiger partial charge in [0.2, 0.25) is 0 Å². The summed E-state index contributed by atoms with van der Waals surface area (Å²) in [6.07, 6.45) is 4.64. The molecule has 1 spiro atoms. The van der Waals surface area contributed by atoms with Gasteiger partial charge in [-0.2, -0.15) is 9.48 Å². The van der Waals surface area contributed by atoms with Crippen molar-refractivity contribution in [3.05, 3.63) is 0 Å². The molecule has 0 N–H and O–H groups in total. The summed E-state index contributed by atoms with van der Waals surface area (Å²) >= 11 is 0. The van der Waals surface area contributed by atoms with Gasteiger partial charge < -0.3 is 4.74 Å². The predicted molar refractivity (Wildman–Crippen MR) is 52.6 cm³/mol. The molecule has 84 valence electrons. The highest BCUT2D eigenvalue weighted by atomic mass is 16.7. The highest BCUT2D eigenvalue weighted by molar-refractivity contribution is 5.74. The Morgan fingerprint density at radius 1 is 1.33 bits per heavy atom. The Hall–Kier alpha value is -0.610. The van der Waals surface area contributed by atoms with Crippen molar-refractivity contribution in [3.63, 3.8) is 0 Å². The van der Waals surface area contributed by atoms with E-state index in [9.17, 15) is 4.79 Å². The molecule has 3 aliphatic heterocycles. The van der Waals surface area contributed by atoms with Crippen LogP contribution in [0.1, 0.15) is 25.7 Å². The number of hydrogen-bond acceptors (Lipinski definition) is 3. The van der Waals surface area contributed by atoms with Crippen molar-refractivity contribution in [1.82, 2.24) is 0 Å². The molecule has 0 aliphatic carbocycles. The highest BCUT2D eigenvalue weighted by Crippen LogP contribution is 2.47. The van der Waals surface area contributed by atoms with Crippen molar-refractivity contribution in [1.29, 1.82) is 0 Å². The molecule has 0 aromatic rings. The average molecular weight is 212 g/mol. The number of hydrogen-bond donors (Lipinski definition) is 0. The zero-order chi connectivity index (χ0) is 10.5. The van der Waals surface area contributed by atoms with Gasteiger partial charge in [-0.1, -0.05) is 0 Å². The number of quaternary nitrogens is 1. The first-order valence-electron chi connectivity index (χ1n) is 5.90. The van der Waals surface area contributed by atoms with Crippen molar-refractivity contribution >= 4 is 5.97 Å². The van der Waals surface area contributed by atoms with Gasteiger partial charge in [0.25, 0.3) is 0 Å². The first-order chi connectivity index (χ1) is 7.27. The number of rotatable bonds is 1. The van der Waals surface area contributed by atoms with E-state index in [2.05, 4.69) is 0 Å². The van der Waals surface area contributed by atoms with Crippen molar-refractivity contribution in [2.45, 2.75) is 37.8 Å². The Labute approximate surface area is 89.7 Å². The van der Waals surface area contributed by atoms with Crippen LogP contribution in [-0.2, 0) is 14.4 Å². The fourth-order valence-electron chi connectivity index (χ4n) is 3.72. The Balaban J connectivity index is 1.92. The SMILES string of the molecule is COC(=O)[C@@H]1[C@@H]2CCC[N+]3(CCC[C@@H]13)O2. The molecule has 0 amide bonds. The van der Waals surface area contributed by atoms with Crippen LogP contribution in [0.25, 0.3) is 0 Å². The zero-order valence-corrected chi connectivity index (χ0v) is 9.15. The third kappa shape index (κ3) is 1.18. The Morgan fingerprint density at radius 2 is 2.07 bits per heavy atom. The van der Waals surface area contributed by atoms with Gasteiger partial charge in [-0.15, -0.1) is 0 Å². The molecule has 3 heterocycles.